The highest BCUT2D eigenvalue weighted by Crippen LogP contribution is 2.23. The van der Waals surface area contributed by atoms with Crippen molar-refractivity contribution in [3.63, 3.8) is 0 Å². The summed E-state index contributed by atoms with van der Waals surface area (Å²) in [6.45, 7) is 6.54. The first kappa shape index (κ1) is 15.0. The monoisotopic (exact) mass is 339 g/mol. The lowest BCUT2D eigenvalue weighted by molar-refractivity contribution is 0.0724. The molecule has 0 unspecified atom stereocenters. The average molecular weight is 340 g/mol. The van der Waals surface area contributed by atoms with Crippen molar-refractivity contribution < 1.29 is 9.90 Å². The summed E-state index contributed by atoms with van der Waals surface area (Å²) in [5, 5.41) is 9.06. The first-order chi connectivity index (χ1) is 9.49. The predicted molar refractivity (Wildman–Crippen MR) is 81.0 cm³/mol. The first-order valence-corrected chi connectivity index (χ1v) is 7.33. The van der Waals surface area contributed by atoms with Gasteiger partial charge in [0.15, 0.2) is 5.65 Å². The summed E-state index contributed by atoms with van der Waals surface area (Å²) in [7, 11) is 0. The third-order valence-corrected chi connectivity index (χ3v) is 3.81. The molecule has 2 heterocycles. The van der Waals surface area contributed by atoms with E-state index in [-0.39, 0.29) is 12.5 Å². The minimum Gasteiger partial charge on any atom is -0.395 e. The molecule has 2 aromatic heterocycles. The Balaban J connectivity index is 2.59. The van der Waals surface area contributed by atoms with Gasteiger partial charge in [0.1, 0.15) is 5.69 Å². The van der Waals surface area contributed by atoms with E-state index in [1.165, 1.54) is 0 Å². The van der Waals surface area contributed by atoms with Crippen LogP contribution in [0.3, 0.4) is 0 Å². The van der Waals surface area contributed by atoms with Gasteiger partial charge in [0.25, 0.3) is 5.91 Å². The SMILES string of the molecule is CCN(CCO)C(=O)c1c(C)nc2c(Br)cc(C)cn12. The van der Waals surface area contributed by atoms with Gasteiger partial charge in [-0.2, -0.15) is 0 Å². The number of hydrogen-bond acceptors (Lipinski definition) is 3. The quantitative estimate of drug-likeness (QED) is 0.928. The van der Waals surface area contributed by atoms with Gasteiger partial charge in [-0.25, -0.2) is 4.98 Å². The van der Waals surface area contributed by atoms with Crippen LogP contribution in [0.25, 0.3) is 5.65 Å². The zero-order valence-electron chi connectivity index (χ0n) is 11.9. The van der Waals surface area contributed by atoms with E-state index in [0.717, 1.165) is 15.7 Å². The third kappa shape index (κ3) is 2.58. The van der Waals surface area contributed by atoms with Gasteiger partial charge in [-0.05, 0) is 48.3 Å². The number of imidazole rings is 1. The zero-order chi connectivity index (χ0) is 14.9. The maximum absolute atomic E-state index is 12.6. The van der Waals surface area contributed by atoms with Crippen molar-refractivity contribution in [2.24, 2.45) is 0 Å². The number of carbonyl (C=O) groups excluding carboxylic acids is 1. The fraction of sp³-hybridized carbons (Fsp3) is 0.429. The second kappa shape index (κ2) is 5.93. The molecule has 2 rings (SSSR count). The number of amides is 1. The molecule has 0 atom stereocenters. The van der Waals surface area contributed by atoms with Crippen LogP contribution in [0, 0.1) is 13.8 Å². The van der Waals surface area contributed by atoms with Crippen LogP contribution in [0.1, 0.15) is 28.7 Å². The summed E-state index contributed by atoms with van der Waals surface area (Å²) in [6.07, 6.45) is 1.90. The molecular weight excluding hydrogens is 322 g/mol. The number of rotatable bonds is 4. The second-order valence-electron chi connectivity index (χ2n) is 4.71. The van der Waals surface area contributed by atoms with Crippen molar-refractivity contribution in [1.82, 2.24) is 14.3 Å². The maximum Gasteiger partial charge on any atom is 0.272 e. The predicted octanol–water partition coefficient (Wildman–Crippen LogP) is 2.17. The molecule has 20 heavy (non-hydrogen) atoms. The number of aliphatic hydroxyl groups is 1. The molecule has 0 bridgehead atoms. The first-order valence-electron chi connectivity index (χ1n) is 6.54. The van der Waals surface area contributed by atoms with E-state index in [0.29, 0.717) is 24.5 Å². The summed E-state index contributed by atoms with van der Waals surface area (Å²) in [4.78, 5) is 18.7. The lowest BCUT2D eigenvalue weighted by Crippen LogP contribution is -2.34. The molecule has 0 radical (unpaired) electrons. The summed E-state index contributed by atoms with van der Waals surface area (Å²) in [6, 6.07) is 1.97. The van der Waals surface area contributed by atoms with Gasteiger partial charge in [0, 0.05) is 19.3 Å². The molecular formula is C14H18BrN3O2. The minimum absolute atomic E-state index is 0.0436. The zero-order valence-corrected chi connectivity index (χ0v) is 13.4. The Morgan fingerprint density at radius 2 is 2.20 bits per heavy atom. The van der Waals surface area contributed by atoms with Gasteiger partial charge in [-0.15, -0.1) is 0 Å². The molecule has 108 valence electrons. The number of aliphatic hydroxyl groups excluding tert-OH is 1. The van der Waals surface area contributed by atoms with Crippen molar-refractivity contribution in [1.29, 1.82) is 0 Å². The molecule has 0 saturated carbocycles. The summed E-state index contributed by atoms with van der Waals surface area (Å²) in [5.41, 5.74) is 3.02. The van der Waals surface area contributed by atoms with Crippen molar-refractivity contribution >= 4 is 27.5 Å². The number of pyridine rings is 1. The normalized spacial score (nSPS) is 11.1. The summed E-state index contributed by atoms with van der Waals surface area (Å²) in [5.74, 6) is -0.107. The highest BCUT2D eigenvalue weighted by atomic mass is 79.9. The molecule has 0 aliphatic carbocycles. The Labute approximate surface area is 126 Å². The Morgan fingerprint density at radius 1 is 1.50 bits per heavy atom. The molecule has 1 N–H and O–H groups in total. The number of nitrogens with zero attached hydrogens (tertiary/aromatic N) is 3. The number of halogens is 1. The maximum atomic E-state index is 12.6. The number of aromatic nitrogens is 2. The van der Waals surface area contributed by atoms with E-state index >= 15 is 0 Å². The van der Waals surface area contributed by atoms with Crippen LogP contribution < -0.4 is 0 Å². The van der Waals surface area contributed by atoms with Gasteiger partial charge in [-0.3, -0.25) is 9.20 Å². The Bertz CT molecular complexity index is 651. The molecule has 2 aromatic rings. The van der Waals surface area contributed by atoms with E-state index in [1.54, 1.807) is 4.90 Å². The molecule has 0 aromatic carbocycles. The van der Waals surface area contributed by atoms with Crippen LogP contribution in [0.5, 0.6) is 0 Å². The summed E-state index contributed by atoms with van der Waals surface area (Å²) >= 11 is 3.48. The molecule has 0 saturated heterocycles. The van der Waals surface area contributed by atoms with E-state index in [1.807, 2.05) is 37.4 Å². The van der Waals surface area contributed by atoms with E-state index in [9.17, 15) is 4.79 Å². The van der Waals surface area contributed by atoms with Crippen molar-refractivity contribution in [3.8, 4) is 0 Å². The van der Waals surface area contributed by atoms with E-state index in [4.69, 9.17) is 5.11 Å². The van der Waals surface area contributed by atoms with Crippen LogP contribution in [0.2, 0.25) is 0 Å². The third-order valence-electron chi connectivity index (χ3n) is 3.23. The summed E-state index contributed by atoms with van der Waals surface area (Å²) < 4.78 is 2.68. The van der Waals surface area contributed by atoms with E-state index < -0.39 is 0 Å². The Hall–Kier alpha value is -1.40. The number of aryl methyl sites for hydroxylation is 2. The number of fused-ring (bicyclic) bond motifs is 1. The van der Waals surface area contributed by atoms with Crippen molar-refractivity contribution in [2.75, 3.05) is 19.7 Å². The molecule has 0 aliphatic heterocycles. The highest BCUT2D eigenvalue weighted by molar-refractivity contribution is 9.10. The van der Waals surface area contributed by atoms with Gasteiger partial charge >= 0.3 is 0 Å². The van der Waals surface area contributed by atoms with Crippen LogP contribution in [-0.4, -0.2) is 45.0 Å². The number of likely N-dealkylation sites (N-methyl/N-ethyl adjacent to an activating group) is 1. The fourth-order valence-electron chi connectivity index (χ4n) is 2.28. The topological polar surface area (TPSA) is 57.8 Å². The van der Waals surface area contributed by atoms with Gasteiger partial charge in [0.05, 0.1) is 16.8 Å². The number of carbonyl (C=O) groups is 1. The lowest BCUT2D eigenvalue weighted by atomic mass is 10.2. The fourth-order valence-corrected chi connectivity index (χ4v) is 2.92. The van der Waals surface area contributed by atoms with Gasteiger partial charge in [-0.1, -0.05) is 0 Å². The molecule has 5 nitrogen and oxygen atoms in total. The van der Waals surface area contributed by atoms with Crippen LogP contribution in [0.4, 0.5) is 0 Å². The standard InChI is InChI=1S/C14H18BrN3O2/c1-4-17(5-6-19)14(20)12-10(3)16-13-11(15)7-9(2)8-18(12)13/h7-8,19H,4-6H2,1-3H3. The Kier molecular flexibility index (Phi) is 4.45. The van der Waals surface area contributed by atoms with Crippen molar-refractivity contribution in [3.05, 3.63) is 33.7 Å². The molecule has 0 fully saturated rings. The Morgan fingerprint density at radius 3 is 2.80 bits per heavy atom. The van der Waals surface area contributed by atoms with Gasteiger partial charge < -0.3 is 10.0 Å². The molecule has 0 spiro atoms. The van der Waals surface area contributed by atoms with Crippen molar-refractivity contribution in [2.45, 2.75) is 20.8 Å². The van der Waals surface area contributed by atoms with Crippen LogP contribution in [0.15, 0.2) is 16.7 Å². The molecule has 1 amide bonds. The van der Waals surface area contributed by atoms with Gasteiger partial charge in [0.2, 0.25) is 0 Å². The van der Waals surface area contributed by atoms with Crippen LogP contribution in [-0.2, 0) is 0 Å². The van der Waals surface area contributed by atoms with E-state index in [2.05, 4.69) is 20.9 Å². The largest absolute Gasteiger partial charge is 0.395 e. The average Bonchev–Trinajstić information content (AvgIpc) is 2.72. The lowest BCUT2D eigenvalue weighted by Gasteiger charge is -2.19. The number of hydrogen-bond donors (Lipinski definition) is 1. The molecule has 6 heteroatoms. The smallest absolute Gasteiger partial charge is 0.272 e. The van der Waals surface area contributed by atoms with Crippen LogP contribution >= 0.6 is 15.9 Å². The molecule has 0 aliphatic rings. The second-order valence-corrected chi connectivity index (χ2v) is 5.57. The highest BCUT2D eigenvalue weighted by Gasteiger charge is 2.22. The minimum atomic E-state index is -0.107.